The van der Waals surface area contributed by atoms with Crippen LogP contribution in [-0.4, -0.2) is 88.6 Å². The van der Waals surface area contributed by atoms with Crippen LogP contribution < -0.4 is 49.2 Å². The summed E-state index contributed by atoms with van der Waals surface area (Å²) in [7, 11) is 0. The summed E-state index contributed by atoms with van der Waals surface area (Å²) in [5.74, 6) is -6.49. The van der Waals surface area contributed by atoms with E-state index in [1.165, 1.54) is 146 Å². The molecular formula is C102H146ClFN8O16S8. The molecule has 0 heterocycles. The summed E-state index contributed by atoms with van der Waals surface area (Å²) >= 11 is 5.88. The lowest BCUT2D eigenvalue weighted by molar-refractivity contribution is -0.141. The van der Waals surface area contributed by atoms with Gasteiger partial charge >= 0.3 is 47.8 Å². The highest BCUT2D eigenvalue weighted by atomic mass is 35.5. The Kier molecular flexibility index (Phi) is 72.7. The molecule has 0 fully saturated rings. The number of aliphatic carboxylic acids is 8. The van der Waals surface area contributed by atoms with E-state index in [-0.39, 0.29) is 214 Å². The quantitative estimate of drug-likeness (QED) is 0.0267. The Balaban J connectivity index is -0.000000226. The zero-order valence-corrected chi connectivity index (χ0v) is 87.4. The molecule has 0 aliphatic heterocycles. The fraction of sp³-hybridized carbons (Fsp3) is 0.294. The molecule has 8 aromatic rings. The van der Waals surface area contributed by atoms with E-state index in [4.69, 9.17) is 52.5 Å². The van der Waals surface area contributed by atoms with Crippen LogP contribution in [0, 0.1) is 46.4 Å². The number of hydrogen-bond acceptors (Lipinski definition) is 16. The van der Waals surface area contributed by atoms with Gasteiger partial charge in [0.05, 0.1) is 5.92 Å². The number of rotatable bonds is 24. The molecule has 32 N–H and O–H groups in total. The molecule has 0 saturated carbocycles. The number of aryl methyl sites for hydroxylation is 5. The molecule has 752 valence electrons. The van der Waals surface area contributed by atoms with Gasteiger partial charge in [-0.15, -0.1) is 0 Å². The monoisotopic (exact) mass is 2050 g/mol. The Hall–Kier alpha value is -9.86. The largest absolute Gasteiger partial charge is 0.481 e. The van der Waals surface area contributed by atoms with Crippen molar-refractivity contribution in [2.45, 2.75) is 189 Å². The minimum Gasteiger partial charge on any atom is -0.481 e. The lowest BCUT2D eigenvalue weighted by atomic mass is 9.97. The van der Waals surface area contributed by atoms with E-state index in [9.17, 15) is 42.7 Å². The number of fused-ring (bicyclic) bond motifs is 8. The molecule has 1 unspecified atom stereocenters. The van der Waals surface area contributed by atoms with Crippen molar-refractivity contribution in [2.75, 3.05) is 0 Å². The standard InChI is InChI=1S/6C13H14O2.C12H11ClO2.C12H11FO2.8H3N.8H2S/c2*1-9-2-6-12-10(5-7-13(14)15)3-4-11(12)8-9;1-9-2-3-10-4-5-11(12(10)8-9)6-7-13(14)15;1-9-3-2-4-12-10(5-7-11(9)12)6-8-13(14)15;1-9-3-2-4-10-5-6-11(13(9)10)7-8-12(14)15;1-9(13(14)15)8-11-7-6-10-4-2-3-5-12(10)11;13-10-4-5-11-8(3-6-12(14)15)1-2-9(11)7-10;13-10-5-3-8-1-2-9(11(8)7-10)4-6-12(14)15;;;;;;;;;;;;;;;;/h2*2-3,6,8H,4-5,7H2,1H3,(H,14,15);2-3,5,8H,4,6-7H2,1H3,(H,14,15);2-5H,6-8H2,1H3,(H,14,15);2-4,6H,5,7-8H2,1H3,(H,14,15);2-5,7,9H,6,8H2,1H3,(H,14,15);1,4-5,7H,2-3,6H2,(H,14,15);2-3,5,7H,1,4,6H2,(H,14,15);8*1H3;8*1H2. The minimum absolute atomic E-state index is 0. The SMILES string of the molecule is CC(CC1=CCc2ccccc21)C(=O)O.Cc1ccc2c(c1)C(CCC(=O)O)=CC2.Cc1ccc2c(c1)CC=C2CCC(=O)O.Cc1ccc2c(c1)CC=C2CCC(=O)O.Cc1cccc2c1C(CCC(=O)O)=CC2.Cc1cccc2c1CC=C2CCC(=O)O.N.N.N.N.N.N.N.N.O=C(O)CCC1=CCc2cc(Cl)ccc21.O=C(O)CCC1=CCc2ccc(F)cc21.S.S.S.S.S.S.S.S. The van der Waals surface area contributed by atoms with Gasteiger partial charge in [-0.3, -0.25) is 38.4 Å². The van der Waals surface area contributed by atoms with Crippen molar-refractivity contribution < 1.29 is 83.6 Å². The molecular weight excluding hydrogens is 1900 g/mol. The molecule has 8 aliphatic carbocycles. The van der Waals surface area contributed by atoms with Gasteiger partial charge in [0, 0.05) is 50.0 Å². The molecule has 0 spiro atoms. The van der Waals surface area contributed by atoms with Crippen molar-refractivity contribution in [3.8, 4) is 0 Å². The van der Waals surface area contributed by atoms with E-state index < -0.39 is 47.8 Å². The first kappa shape index (κ1) is 142. The van der Waals surface area contributed by atoms with Gasteiger partial charge in [-0.2, -0.15) is 108 Å². The Morgan fingerprint density at radius 2 is 0.574 bits per heavy atom. The first-order valence-electron chi connectivity index (χ1n) is 40.8. The second-order valence-corrected chi connectivity index (χ2v) is 31.6. The molecule has 24 nitrogen and oxygen atoms in total. The summed E-state index contributed by atoms with van der Waals surface area (Å²) in [4.78, 5) is 84.2. The zero-order valence-electron chi connectivity index (χ0n) is 78.6. The Morgan fingerprint density at radius 1 is 0.287 bits per heavy atom. The first-order valence-corrected chi connectivity index (χ1v) is 41.2. The fourth-order valence-corrected chi connectivity index (χ4v) is 16.2. The van der Waals surface area contributed by atoms with Crippen molar-refractivity contribution in [1.82, 2.24) is 49.2 Å². The van der Waals surface area contributed by atoms with Gasteiger partial charge in [0.15, 0.2) is 0 Å². The molecule has 0 amide bonds. The van der Waals surface area contributed by atoms with E-state index in [1.54, 1.807) is 13.0 Å². The normalized spacial score (nSPS) is 12.2. The second-order valence-electron chi connectivity index (χ2n) is 31.1. The van der Waals surface area contributed by atoms with Crippen LogP contribution in [0.3, 0.4) is 0 Å². The number of carboxylic acids is 8. The maximum Gasteiger partial charge on any atom is 0.306 e. The third kappa shape index (κ3) is 43.0. The average molecular weight is 2050 g/mol. The Labute approximate surface area is 861 Å². The number of carboxylic acid groups (broad SMARTS) is 8. The van der Waals surface area contributed by atoms with Gasteiger partial charge in [-0.25, -0.2) is 4.39 Å². The average Bonchev–Trinajstić information content (AvgIpc) is 1.67. The molecule has 16 rings (SSSR count). The molecule has 34 heteroatoms. The van der Waals surface area contributed by atoms with Crippen LogP contribution in [0.1, 0.15) is 220 Å². The number of halogens is 2. The lowest BCUT2D eigenvalue weighted by Crippen LogP contribution is -2.09. The Bertz CT molecular complexity index is 5220. The maximum absolute atomic E-state index is 13.0. The van der Waals surface area contributed by atoms with Crippen molar-refractivity contribution in [2.24, 2.45) is 5.92 Å². The summed E-state index contributed by atoms with van der Waals surface area (Å²) in [6, 6.07) is 50.2. The smallest absolute Gasteiger partial charge is 0.306 e. The molecule has 0 radical (unpaired) electrons. The van der Waals surface area contributed by atoms with E-state index >= 15 is 0 Å². The molecule has 1 atom stereocenters. The van der Waals surface area contributed by atoms with E-state index in [0.717, 1.165) is 84.2 Å². The Morgan fingerprint density at radius 3 is 1.00 bits per heavy atom. The van der Waals surface area contributed by atoms with Gasteiger partial charge in [0.25, 0.3) is 0 Å². The number of benzene rings is 8. The summed E-state index contributed by atoms with van der Waals surface area (Å²) in [6.45, 7) is 12.2. The van der Waals surface area contributed by atoms with Gasteiger partial charge in [0.2, 0.25) is 0 Å². The highest BCUT2D eigenvalue weighted by molar-refractivity contribution is 7.60. The van der Waals surface area contributed by atoms with Crippen LogP contribution in [0.25, 0.3) is 44.6 Å². The molecule has 8 aromatic carbocycles. The van der Waals surface area contributed by atoms with Crippen LogP contribution in [0.5, 0.6) is 0 Å². The van der Waals surface area contributed by atoms with E-state index in [2.05, 4.69) is 174 Å². The first-order chi connectivity index (χ1) is 57.4. The van der Waals surface area contributed by atoms with Gasteiger partial charge in [-0.1, -0.05) is 211 Å². The zero-order chi connectivity index (χ0) is 86.7. The third-order valence-corrected chi connectivity index (χ3v) is 22.4. The van der Waals surface area contributed by atoms with Crippen molar-refractivity contribution in [3.63, 3.8) is 0 Å². The highest BCUT2D eigenvalue weighted by Gasteiger charge is 2.24. The summed E-state index contributed by atoms with van der Waals surface area (Å²) in [5.41, 5.74) is 35.3. The van der Waals surface area contributed by atoms with Crippen LogP contribution in [-0.2, 0) is 89.7 Å². The number of carbonyl (C=O) groups is 8. The van der Waals surface area contributed by atoms with Crippen molar-refractivity contribution >= 4 is 212 Å². The predicted octanol–water partition coefficient (Wildman–Crippen LogP) is 24.7. The summed E-state index contributed by atoms with van der Waals surface area (Å²) in [6.07, 6.45) is 30.6. The summed E-state index contributed by atoms with van der Waals surface area (Å²) < 4.78 is 13.0. The minimum atomic E-state index is -0.819. The van der Waals surface area contributed by atoms with Crippen LogP contribution in [0.15, 0.2) is 200 Å². The molecule has 0 bridgehead atoms. The van der Waals surface area contributed by atoms with Gasteiger partial charge < -0.3 is 90.1 Å². The fourth-order valence-electron chi connectivity index (χ4n) is 16.0. The van der Waals surface area contributed by atoms with E-state index in [1.807, 2.05) is 42.5 Å². The second kappa shape index (κ2) is 69.9. The van der Waals surface area contributed by atoms with Crippen molar-refractivity contribution in [1.29, 1.82) is 0 Å². The van der Waals surface area contributed by atoms with Crippen molar-refractivity contribution in [3.05, 3.63) is 328 Å². The molecule has 8 aliphatic rings. The molecule has 0 saturated heterocycles. The van der Waals surface area contributed by atoms with E-state index in [0.29, 0.717) is 51.4 Å². The van der Waals surface area contributed by atoms with Crippen LogP contribution in [0.4, 0.5) is 4.39 Å². The summed E-state index contributed by atoms with van der Waals surface area (Å²) in [5, 5.41) is 70.0. The highest BCUT2D eigenvalue weighted by Crippen LogP contribution is 2.39. The van der Waals surface area contributed by atoms with Gasteiger partial charge in [0.1, 0.15) is 5.82 Å². The van der Waals surface area contributed by atoms with Crippen LogP contribution in [0.2, 0.25) is 5.02 Å². The predicted molar refractivity (Wildman–Crippen MR) is 596 cm³/mol. The maximum atomic E-state index is 13.0. The molecule has 136 heavy (non-hydrogen) atoms. The topological polar surface area (TPSA) is 578 Å². The van der Waals surface area contributed by atoms with Crippen LogP contribution >= 0.6 is 120 Å². The number of allylic oxidation sites excluding steroid dienone is 16. The number of hydrogen-bond donors (Lipinski definition) is 16. The lowest BCUT2D eigenvalue weighted by Gasteiger charge is -2.08. The third-order valence-electron chi connectivity index (χ3n) is 22.2. The van der Waals surface area contributed by atoms with Gasteiger partial charge in [-0.05, 0) is 306 Å². The molecule has 0 aromatic heterocycles.